The molecule has 1 fully saturated rings. The highest BCUT2D eigenvalue weighted by Gasteiger charge is 2.33. The number of thioether (sulfide) groups is 1. The molecule has 0 radical (unpaired) electrons. The second kappa shape index (κ2) is 8.04. The van der Waals surface area contributed by atoms with E-state index < -0.39 is 0 Å². The van der Waals surface area contributed by atoms with Gasteiger partial charge in [0, 0.05) is 5.56 Å². The predicted octanol–water partition coefficient (Wildman–Crippen LogP) is 4.02. The van der Waals surface area contributed by atoms with Gasteiger partial charge in [-0.1, -0.05) is 24.0 Å². The molecule has 144 valence electrons. The summed E-state index contributed by atoms with van der Waals surface area (Å²) in [7, 11) is 2.87. The maximum Gasteiger partial charge on any atom is 0.270 e. The highest BCUT2D eigenvalue weighted by molar-refractivity contribution is 8.27. The third-order valence-electron chi connectivity index (χ3n) is 4.13. The molecule has 0 saturated carbocycles. The zero-order valence-corrected chi connectivity index (χ0v) is 17.0. The van der Waals surface area contributed by atoms with Gasteiger partial charge in [0.1, 0.15) is 0 Å². The van der Waals surface area contributed by atoms with Gasteiger partial charge in [0.2, 0.25) is 5.75 Å². The molecule has 0 bridgehead atoms. The minimum atomic E-state index is -0.267. The number of phenolic OH excluding ortho intramolecular Hbond substituents is 1. The van der Waals surface area contributed by atoms with E-state index in [-0.39, 0.29) is 28.9 Å². The topological polar surface area (TPSA) is 76.1 Å². The second-order valence-corrected chi connectivity index (χ2v) is 7.57. The number of nitrogens with zero attached hydrogens (tertiary/aromatic N) is 1. The number of ketones is 1. The quantitative estimate of drug-likeness (QED) is 0.449. The molecule has 2 aromatic carbocycles. The van der Waals surface area contributed by atoms with Crippen molar-refractivity contribution < 1.29 is 24.2 Å². The van der Waals surface area contributed by atoms with E-state index >= 15 is 0 Å². The van der Waals surface area contributed by atoms with Crippen molar-refractivity contribution in [1.29, 1.82) is 0 Å². The highest BCUT2D eigenvalue weighted by Crippen LogP contribution is 2.40. The molecule has 0 aliphatic carbocycles. The van der Waals surface area contributed by atoms with Crippen molar-refractivity contribution in [2.75, 3.05) is 19.1 Å². The summed E-state index contributed by atoms with van der Waals surface area (Å²) >= 11 is 6.54. The van der Waals surface area contributed by atoms with Crippen LogP contribution in [0.3, 0.4) is 0 Å². The maximum absolute atomic E-state index is 12.9. The molecule has 28 heavy (non-hydrogen) atoms. The minimum Gasteiger partial charge on any atom is -0.502 e. The molecule has 0 atom stereocenters. The number of amides is 1. The Labute approximate surface area is 171 Å². The Morgan fingerprint density at radius 1 is 1.14 bits per heavy atom. The van der Waals surface area contributed by atoms with Crippen molar-refractivity contribution in [2.45, 2.75) is 6.92 Å². The van der Waals surface area contributed by atoms with Crippen molar-refractivity contribution in [3.05, 3.63) is 52.4 Å². The van der Waals surface area contributed by atoms with Crippen LogP contribution in [0.15, 0.2) is 41.3 Å². The van der Waals surface area contributed by atoms with Crippen molar-refractivity contribution in [3.8, 4) is 17.2 Å². The van der Waals surface area contributed by atoms with Gasteiger partial charge >= 0.3 is 0 Å². The number of methoxy groups -OCH3 is 2. The lowest BCUT2D eigenvalue weighted by molar-refractivity contribution is -0.113. The van der Waals surface area contributed by atoms with Gasteiger partial charge < -0.3 is 14.6 Å². The van der Waals surface area contributed by atoms with E-state index in [2.05, 4.69) is 0 Å². The number of Topliss-reactive ketones (excluding diaryl/α,β-unsaturated/α-hetero) is 1. The fraction of sp³-hybridized carbons (Fsp3) is 0.150. The number of rotatable bonds is 5. The zero-order valence-electron chi connectivity index (χ0n) is 15.4. The summed E-state index contributed by atoms with van der Waals surface area (Å²) in [5.41, 5.74) is 1.78. The largest absolute Gasteiger partial charge is 0.502 e. The molecule has 0 unspecified atom stereocenters. The van der Waals surface area contributed by atoms with E-state index in [1.165, 1.54) is 37.8 Å². The van der Waals surface area contributed by atoms with Gasteiger partial charge in [-0.3, -0.25) is 14.5 Å². The van der Waals surface area contributed by atoms with Crippen LogP contribution in [0.25, 0.3) is 6.08 Å². The Bertz CT molecular complexity index is 973. The summed E-state index contributed by atoms with van der Waals surface area (Å²) in [6.07, 6.45) is 1.66. The second-order valence-electron chi connectivity index (χ2n) is 5.89. The molecule has 1 saturated heterocycles. The van der Waals surface area contributed by atoms with Crippen molar-refractivity contribution in [1.82, 2.24) is 0 Å². The smallest absolute Gasteiger partial charge is 0.270 e. The van der Waals surface area contributed by atoms with Gasteiger partial charge in [-0.15, -0.1) is 0 Å². The Balaban J connectivity index is 1.94. The summed E-state index contributed by atoms with van der Waals surface area (Å²) < 4.78 is 10.7. The summed E-state index contributed by atoms with van der Waals surface area (Å²) in [4.78, 5) is 26.2. The van der Waals surface area contributed by atoms with Gasteiger partial charge in [0.15, 0.2) is 21.6 Å². The van der Waals surface area contributed by atoms with Crippen LogP contribution in [0.1, 0.15) is 22.8 Å². The van der Waals surface area contributed by atoms with Gasteiger partial charge in [-0.2, -0.15) is 0 Å². The Morgan fingerprint density at radius 2 is 1.71 bits per heavy atom. The first-order valence-electron chi connectivity index (χ1n) is 8.19. The number of phenols is 1. The number of aromatic hydroxyl groups is 1. The third kappa shape index (κ3) is 3.74. The van der Waals surface area contributed by atoms with Crippen LogP contribution in [-0.2, 0) is 4.79 Å². The molecule has 1 aliphatic rings. The van der Waals surface area contributed by atoms with Crippen LogP contribution in [-0.4, -0.2) is 35.3 Å². The van der Waals surface area contributed by atoms with Crippen LogP contribution in [0, 0.1) is 0 Å². The van der Waals surface area contributed by atoms with E-state index in [1.54, 1.807) is 42.5 Å². The number of carbonyl (C=O) groups excluding carboxylic acids is 2. The summed E-state index contributed by atoms with van der Waals surface area (Å²) in [5, 5.41) is 10.0. The van der Waals surface area contributed by atoms with Crippen LogP contribution in [0.5, 0.6) is 17.2 Å². The Morgan fingerprint density at radius 3 is 2.21 bits per heavy atom. The van der Waals surface area contributed by atoms with E-state index in [9.17, 15) is 14.7 Å². The first-order chi connectivity index (χ1) is 13.3. The van der Waals surface area contributed by atoms with Gasteiger partial charge in [0.05, 0.1) is 24.8 Å². The van der Waals surface area contributed by atoms with Crippen molar-refractivity contribution in [3.63, 3.8) is 0 Å². The lowest BCUT2D eigenvalue weighted by atomic mass is 10.1. The van der Waals surface area contributed by atoms with E-state index in [0.717, 1.165) is 0 Å². The highest BCUT2D eigenvalue weighted by atomic mass is 32.2. The number of hydrogen-bond donors (Lipinski definition) is 1. The standard InChI is InChI=1S/C20H17NO5S2/c1-11(22)13-4-6-14(7-5-13)21-19(24)17(28-20(21)27)10-12-8-15(25-2)18(23)16(9-12)26-3/h4-10,23H,1-3H3/b17-10-. The van der Waals surface area contributed by atoms with Gasteiger partial charge in [-0.05, 0) is 55.0 Å². The minimum absolute atomic E-state index is 0.0490. The first kappa shape index (κ1) is 19.9. The number of hydrogen-bond acceptors (Lipinski definition) is 7. The molecular weight excluding hydrogens is 398 g/mol. The monoisotopic (exact) mass is 415 g/mol. The third-order valence-corrected chi connectivity index (χ3v) is 5.43. The number of carbonyl (C=O) groups is 2. The molecule has 1 heterocycles. The van der Waals surface area contributed by atoms with E-state index in [1.807, 2.05) is 0 Å². The molecule has 2 aromatic rings. The van der Waals surface area contributed by atoms with Crippen LogP contribution in [0.2, 0.25) is 0 Å². The summed E-state index contributed by atoms with van der Waals surface area (Å²) in [6, 6.07) is 9.91. The fourth-order valence-electron chi connectivity index (χ4n) is 2.68. The van der Waals surface area contributed by atoms with Crippen molar-refractivity contribution in [2.24, 2.45) is 0 Å². The Kier molecular flexibility index (Phi) is 5.71. The predicted molar refractivity (Wildman–Crippen MR) is 113 cm³/mol. The summed E-state index contributed by atoms with van der Waals surface area (Å²) in [6.45, 7) is 1.48. The fourth-order valence-corrected chi connectivity index (χ4v) is 3.98. The zero-order chi connectivity index (χ0) is 20.4. The van der Waals surface area contributed by atoms with Crippen LogP contribution >= 0.6 is 24.0 Å². The van der Waals surface area contributed by atoms with Crippen LogP contribution in [0.4, 0.5) is 5.69 Å². The molecule has 8 heteroatoms. The molecule has 3 rings (SSSR count). The molecule has 6 nitrogen and oxygen atoms in total. The maximum atomic E-state index is 12.9. The average molecular weight is 415 g/mol. The molecule has 1 aliphatic heterocycles. The SMILES string of the molecule is COc1cc(/C=C2\SC(=S)N(c3ccc(C(C)=O)cc3)C2=O)cc(OC)c1O. The molecule has 0 spiro atoms. The van der Waals surface area contributed by atoms with Crippen molar-refractivity contribution >= 4 is 51.8 Å². The number of ether oxygens (including phenoxy) is 2. The summed E-state index contributed by atoms with van der Waals surface area (Å²) in [5.74, 6) is 0.0469. The van der Waals surface area contributed by atoms with Crippen LogP contribution < -0.4 is 14.4 Å². The van der Waals surface area contributed by atoms with Gasteiger partial charge in [-0.25, -0.2) is 0 Å². The lowest BCUT2D eigenvalue weighted by Gasteiger charge is -2.14. The molecule has 1 amide bonds. The average Bonchev–Trinajstić information content (AvgIpc) is 2.96. The molecular formula is C20H17NO5S2. The molecule has 1 N–H and O–H groups in total. The molecule has 0 aromatic heterocycles. The first-order valence-corrected chi connectivity index (χ1v) is 9.42. The number of anilines is 1. The Hall–Kier alpha value is -2.84. The van der Waals surface area contributed by atoms with E-state index in [4.69, 9.17) is 21.7 Å². The van der Waals surface area contributed by atoms with Gasteiger partial charge in [0.25, 0.3) is 5.91 Å². The van der Waals surface area contributed by atoms with E-state index in [0.29, 0.717) is 26.0 Å². The normalized spacial score (nSPS) is 15.2. The lowest BCUT2D eigenvalue weighted by Crippen LogP contribution is -2.27. The number of thiocarbonyl (C=S) groups is 1. The number of benzene rings is 2.